The summed E-state index contributed by atoms with van der Waals surface area (Å²) in [4.78, 5) is 5.40. The van der Waals surface area contributed by atoms with Gasteiger partial charge in [-0.2, -0.15) is 0 Å². The molecule has 4 bridgehead atoms. The summed E-state index contributed by atoms with van der Waals surface area (Å²) >= 11 is 0. The van der Waals surface area contributed by atoms with Crippen LogP contribution in [0.1, 0.15) is 66.3 Å². The lowest BCUT2D eigenvalue weighted by Gasteiger charge is -2.57. The first-order valence-electron chi connectivity index (χ1n) is 22.5. The Bertz CT molecular complexity index is 2840. The fourth-order valence-electron chi connectivity index (χ4n) is 13.6. The Morgan fingerprint density at radius 2 is 0.932 bits per heavy atom. The molecule has 0 aromatic heterocycles. The molecule has 15 rings (SSSR count). The van der Waals surface area contributed by atoms with E-state index in [0.29, 0.717) is 0 Å². The number of hydrogen-bond acceptors (Lipinski definition) is 2. The summed E-state index contributed by atoms with van der Waals surface area (Å²) in [5, 5.41) is 0. The van der Waals surface area contributed by atoms with Crippen molar-refractivity contribution in [3.05, 3.63) is 173 Å². The summed E-state index contributed by atoms with van der Waals surface area (Å²) < 4.78 is 0. The van der Waals surface area contributed by atoms with Gasteiger partial charge in [0.2, 0.25) is 0 Å². The third kappa shape index (κ3) is 4.82. The highest BCUT2D eigenvalue weighted by molar-refractivity contribution is 7.00. The predicted octanol–water partition coefficient (Wildman–Crippen LogP) is 11.8. The van der Waals surface area contributed by atoms with Crippen molar-refractivity contribution in [1.82, 2.24) is 0 Å². The van der Waals surface area contributed by atoms with Gasteiger partial charge < -0.3 is 9.80 Å². The predicted molar refractivity (Wildman–Crippen MR) is 246 cm³/mol. The fraction of sp³-hybridized carbons (Fsp3) is 0.250. The zero-order valence-electron chi connectivity index (χ0n) is 33.6. The number of fused-ring (bicyclic) bond motifs is 6. The minimum atomic E-state index is 0.132. The van der Waals surface area contributed by atoms with Crippen LogP contribution in [0.25, 0.3) is 22.3 Å². The maximum absolute atomic E-state index is 2.74. The molecule has 59 heavy (non-hydrogen) atoms. The Morgan fingerprint density at radius 1 is 0.407 bits per heavy atom. The third-order valence-electron chi connectivity index (χ3n) is 16.2. The number of aryl methyl sites for hydroxylation is 4. The molecule has 0 spiro atoms. The number of benzene rings is 7. The van der Waals surface area contributed by atoms with Crippen molar-refractivity contribution in [3.8, 4) is 22.3 Å². The van der Waals surface area contributed by atoms with Crippen LogP contribution in [0.2, 0.25) is 0 Å². The van der Waals surface area contributed by atoms with E-state index in [1.165, 1.54) is 159 Å². The molecule has 8 aliphatic rings. The summed E-state index contributed by atoms with van der Waals surface area (Å²) in [5.74, 6) is 2.64. The van der Waals surface area contributed by atoms with E-state index in [1.54, 1.807) is 5.56 Å². The first kappa shape index (κ1) is 33.1. The lowest BCUT2D eigenvalue weighted by atomic mass is 9.33. The van der Waals surface area contributed by atoms with Crippen molar-refractivity contribution in [2.75, 3.05) is 9.80 Å². The molecule has 2 nitrogen and oxygen atoms in total. The molecule has 284 valence electrons. The van der Waals surface area contributed by atoms with Gasteiger partial charge in [0.25, 0.3) is 6.71 Å². The minimum Gasteiger partial charge on any atom is -0.311 e. The Hall–Kier alpha value is -5.80. The highest BCUT2D eigenvalue weighted by atomic mass is 15.2. The van der Waals surface area contributed by atoms with Crippen LogP contribution in [-0.2, 0) is 31.1 Å². The molecule has 0 atom stereocenters. The number of hydrogen-bond donors (Lipinski definition) is 0. The zero-order chi connectivity index (χ0) is 38.4. The van der Waals surface area contributed by atoms with Crippen molar-refractivity contribution < 1.29 is 0 Å². The largest absolute Gasteiger partial charge is 0.311 e. The molecule has 0 unspecified atom stereocenters. The van der Waals surface area contributed by atoms with E-state index in [1.807, 2.05) is 0 Å². The van der Waals surface area contributed by atoms with Crippen molar-refractivity contribution >= 4 is 57.2 Å². The summed E-state index contributed by atoms with van der Waals surface area (Å²) in [6.07, 6.45) is 13.2. The van der Waals surface area contributed by atoms with Gasteiger partial charge in [-0.25, -0.2) is 0 Å². The van der Waals surface area contributed by atoms with Gasteiger partial charge in [0.15, 0.2) is 0 Å². The van der Waals surface area contributed by atoms with Crippen molar-refractivity contribution in [2.24, 2.45) is 17.8 Å². The smallest absolute Gasteiger partial charge is 0.252 e. The molecule has 0 saturated heterocycles. The van der Waals surface area contributed by atoms with E-state index in [-0.39, 0.29) is 12.1 Å². The molecular formula is C56H47BN2. The average molecular weight is 759 g/mol. The second-order valence-electron chi connectivity index (χ2n) is 19.4. The highest BCUT2D eigenvalue weighted by Gasteiger charge is 2.53. The van der Waals surface area contributed by atoms with Gasteiger partial charge in [-0.3, -0.25) is 0 Å². The van der Waals surface area contributed by atoms with Gasteiger partial charge in [-0.15, -0.1) is 0 Å². The first-order chi connectivity index (χ1) is 29.1. The highest BCUT2D eigenvalue weighted by Crippen LogP contribution is 2.62. The van der Waals surface area contributed by atoms with Crippen LogP contribution >= 0.6 is 0 Å². The second-order valence-corrected chi connectivity index (χ2v) is 19.4. The van der Waals surface area contributed by atoms with Crippen molar-refractivity contribution in [2.45, 2.75) is 69.6 Å². The third-order valence-corrected chi connectivity index (χ3v) is 16.2. The van der Waals surface area contributed by atoms with E-state index in [9.17, 15) is 0 Å². The Balaban J connectivity index is 1.06. The van der Waals surface area contributed by atoms with Gasteiger partial charge in [-0.1, -0.05) is 97.1 Å². The lowest BCUT2D eigenvalue weighted by Crippen LogP contribution is -2.62. The van der Waals surface area contributed by atoms with Crippen LogP contribution in [0.15, 0.2) is 146 Å². The molecule has 2 aliphatic heterocycles. The Labute approximate surface area is 348 Å². The van der Waals surface area contributed by atoms with Gasteiger partial charge in [0.05, 0.1) is 0 Å². The topological polar surface area (TPSA) is 6.48 Å². The lowest BCUT2D eigenvalue weighted by molar-refractivity contribution is -0.00514. The standard InChI is InChI=1S/C56H47BN2/c1-3-7-38(8-4-1)40-15-19-47(20-16-40)58-51-22-18-43(39-9-5-2-6-10-39)27-49(51)57-50-28-44-13-14-45(44)29-52(50)59(48-21-17-41-11-12-42(41)26-48)54-31-46(30-53(58)55(54)57)56-32-35-23-36(33-56)25-37(24-35)34-56/h1-10,15-22,26-31,35-37H,11-14,23-25,32-34H2. The number of nitrogens with zero attached hydrogens (tertiary/aromatic N) is 2. The minimum absolute atomic E-state index is 0.132. The molecule has 6 aliphatic carbocycles. The van der Waals surface area contributed by atoms with E-state index < -0.39 is 0 Å². The van der Waals surface area contributed by atoms with Gasteiger partial charge in [0, 0.05) is 34.1 Å². The van der Waals surface area contributed by atoms with E-state index >= 15 is 0 Å². The molecule has 0 N–H and O–H groups in total. The first-order valence-corrected chi connectivity index (χ1v) is 22.5. The molecular weight excluding hydrogens is 711 g/mol. The van der Waals surface area contributed by atoms with Gasteiger partial charge in [-0.05, 0) is 202 Å². The monoisotopic (exact) mass is 758 g/mol. The zero-order valence-corrected chi connectivity index (χ0v) is 33.6. The SMILES string of the molecule is c1ccc(-c2ccc(N3c4ccc(-c5ccccc5)cc4B4c5cc6c(cc5N(c5ccc7c(c5)CC7)c5cc(C78CC9CC(CC(C9)C7)C8)cc3c54)CC6)cc2)cc1. The average Bonchev–Trinajstić information content (AvgIpc) is 3.25. The molecule has 7 aromatic rings. The van der Waals surface area contributed by atoms with E-state index in [0.717, 1.165) is 17.8 Å². The normalized spacial score (nSPS) is 23.4. The van der Waals surface area contributed by atoms with Crippen LogP contribution in [0.5, 0.6) is 0 Å². The van der Waals surface area contributed by atoms with Crippen LogP contribution in [0, 0.1) is 17.8 Å². The van der Waals surface area contributed by atoms with Gasteiger partial charge in [0.1, 0.15) is 0 Å². The maximum atomic E-state index is 2.74. The summed E-state index contributed by atoms with van der Waals surface area (Å²) in [7, 11) is 0. The van der Waals surface area contributed by atoms with E-state index in [2.05, 4.69) is 155 Å². The van der Waals surface area contributed by atoms with E-state index in [4.69, 9.17) is 0 Å². The Kier molecular flexibility index (Phi) is 6.80. The van der Waals surface area contributed by atoms with Gasteiger partial charge >= 0.3 is 0 Å². The molecule has 4 fully saturated rings. The molecule has 7 aromatic carbocycles. The summed E-state index contributed by atoms with van der Waals surface area (Å²) in [5.41, 5.74) is 25.5. The molecule has 0 radical (unpaired) electrons. The molecule has 2 heterocycles. The van der Waals surface area contributed by atoms with Crippen LogP contribution < -0.4 is 26.2 Å². The van der Waals surface area contributed by atoms with Crippen molar-refractivity contribution in [3.63, 3.8) is 0 Å². The molecule has 0 amide bonds. The van der Waals surface area contributed by atoms with Crippen LogP contribution in [0.3, 0.4) is 0 Å². The number of anilines is 6. The molecule has 4 saturated carbocycles. The van der Waals surface area contributed by atoms with Crippen LogP contribution in [-0.4, -0.2) is 6.71 Å². The second kappa shape index (κ2) is 12.1. The quantitative estimate of drug-likeness (QED) is 0.161. The summed E-state index contributed by atoms with van der Waals surface area (Å²) in [6, 6.07) is 56.8. The van der Waals surface area contributed by atoms with Crippen molar-refractivity contribution in [1.29, 1.82) is 0 Å². The maximum Gasteiger partial charge on any atom is 0.252 e. The van der Waals surface area contributed by atoms with Crippen LogP contribution in [0.4, 0.5) is 34.1 Å². The summed E-state index contributed by atoms with van der Waals surface area (Å²) in [6.45, 7) is 0.132. The molecule has 3 heteroatoms. The number of rotatable bonds is 5. The Morgan fingerprint density at radius 3 is 1.56 bits per heavy atom. The fourth-order valence-corrected chi connectivity index (χ4v) is 13.6.